The third-order valence-electron chi connectivity index (χ3n) is 3.24. The van der Waals surface area contributed by atoms with E-state index >= 15 is 0 Å². The Labute approximate surface area is 142 Å². The van der Waals surface area contributed by atoms with E-state index in [0.29, 0.717) is 22.8 Å². The van der Waals surface area contributed by atoms with Gasteiger partial charge in [-0.3, -0.25) is 9.59 Å². The summed E-state index contributed by atoms with van der Waals surface area (Å²) in [6.45, 7) is 9.34. The molecular weight excluding hydrogens is 316 g/mol. The molecule has 0 spiro atoms. The molecule has 0 saturated carbocycles. The molecule has 2 amide bonds. The van der Waals surface area contributed by atoms with Crippen LogP contribution in [0.15, 0.2) is 18.2 Å². The van der Waals surface area contributed by atoms with Gasteiger partial charge in [0.05, 0.1) is 16.2 Å². The Morgan fingerprint density at radius 3 is 2.43 bits per heavy atom. The van der Waals surface area contributed by atoms with Crippen molar-refractivity contribution >= 4 is 29.1 Å². The number of carbonyl (C=O) groups excluding carboxylic acids is 2. The molecule has 0 fully saturated rings. The Morgan fingerprint density at radius 1 is 1.35 bits per heavy atom. The maximum absolute atomic E-state index is 12.7. The molecule has 0 radical (unpaired) electrons. The average Bonchev–Trinajstić information content (AvgIpc) is 2.44. The maximum Gasteiger partial charge on any atom is 0.255 e. The summed E-state index contributed by atoms with van der Waals surface area (Å²) < 4.78 is 0. The van der Waals surface area contributed by atoms with E-state index in [2.05, 4.69) is 5.32 Å². The van der Waals surface area contributed by atoms with Crippen molar-refractivity contribution in [2.24, 2.45) is 5.92 Å². The SMILES string of the molecule is CCN(CC(C)(C)O)C(=O)c1cc(NC(=O)C(C)C)ccc1Cl. The number of amides is 2. The average molecular weight is 341 g/mol. The normalized spacial score (nSPS) is 11.5. The standard InChI is InChI=1S/C17H25ClN2O3/c1-6-20(10-17(4,5)23)16(22)13-9-12(7-8-14(13)18)19-15(21)11(2)3/h7-9,11,23H,6,10H2,1-5H3,(H,19,21). The zero-order valence-electron chi connectivity index (χ0n) is 14.3. The highest BCUT2D eigenvalue weighted by Crippen LogP contribution is 2.23. The van der Waals surface area contributed by atoms with Gasteiger partial charge in [0, 0.05) is 24.7 Å². The van der Waals surface area contributed by atoms with Crippen molar-refractivity contribution in [3.63, 3.8) is 0 Å². The summed E-state index contributed by atoms with van der Waals surface area (Å²) in [4.78, 5) is 26.0. The fraction of sp³-hybridized carbons (Fsp3) is 0.529. The summed E-state index contributed by atoms with van der Waals surface area (Å²) in [7, 11) is 0. The molecule has 1 aromatic rings. The van der Waals surface area contributed by atoms with Crippen LogP contribution in [0.3, 0.4) is 0 Å². The van der Waals surface area contributed by atoms with Crippen molar-refractivity contribution in [1.29, 1.82) is 0 Å². The van der Waals surface area contributed by atoms with Crippen LogP contribution in [0.2, 0.25) is 5.02 Å². The summed E-state index contributed by atoms with van der Waals surface area (Å²) in [6, 6.07) is 4.81. The second-order valence-electron chi connectivity index (χ2n) is 6.47. The Kier molecular flexibility index (Phi) is 6.59. The number of anilines is 1. The van der Waals surface area contributed by atoms with Gasteiger partial charge in [0.2, 0.25) is 5.91 Å². The van der Waals surface area contributed by atoms with Gasteiger partial charge in [-0.25, -0.2) is 0 Å². The summed E-state index contributed by atoms with van der Waals surface area (Å²) in [6.07, 6.45) is 0. The number of benzene rings is 1. The lowest BCUT2D eigenvalue weighted by atomic mass is 10.1. The predicted molar refractivity (Wildman–Crippen MR) is 92.8 cm³/mol. The molecule has 0 unspecified atom stereocenters. The lowest BCUT2D eigenvalue weighted by Crippen LogP contribution is -2.42. The third-order valence-corrected chi connectivity index (χ3v) is 3.57. The molecule has 0 saturated heterocycles. The molecule has 1 aromatic carbocycles. The number of halogens is 1. The summed E-state index contributed by atoms with van der Waals surface area (Å²) in [5, 5.41) is 13.0. The van der Waals surface area contributed by atoms with Crippen LogP contribution >= 0.6 is 11.6 Å². The van der Waals surface area contributed by atoms with E-state index in [4.69, 9.17) is 11.6 Å². The van der Waals surface area contributed by atoms with Gasteiger partial charge >= 0.3 is 0 Å². The molecular formula is C17H25ClN2O3. The molecule has 128 valence electrons. The van der Waals surface area contributed by atoms with Crippen LogP contribution in [-0.4, -0.2) is 40.5 Å². The van der Waals surface area contributed by atoms with Gasteiger partial charge in [-0.15, -0.1) is 0 Å². The molecule has 0 aliphatic rings. The van der Waals surface area contributed by atoms with Crippen LogP contribution in [0.25, 0.3) is 0 Å². The van der Waals surface area contributed by atoms with Crippen LogP contribution in [0.4, 0.5) is 5.69 Å². The highest BCUT2D eigenvalue weighted by atomic mass is 35.5. The smallest absolute Gasteiger partial charge is 0.255 e. The molecule has 23 heavy (non-hydrogen) atoms. The Balaban J connectivity index is 3.05. The third kappa shape index (κ3) is 5.84. The summed E-state index contributed by atoms with van der Waals surface area (Å²) in [5.41, 5.74) is -0.170. The van der Waals surface area contributed by atoms with Crippen molar-refractivity contribution in [1.82, 2.24) is 4.90 Å². The van der Waals surface area contributed by atoms with Crippen LogP contribution in [0.5, 0.6) is 0 Å². The minimum absolute atomic E-state index is 0.130. The Hall–Kier alpha value is -1.59. The van der Waals surface area contributed by atoms with Crippen molar-refractivity contribution in [2.45, 2.75) is 40.2 Å². The van der Waals surface area contributed by atoms with Crippen molar-refractivity contribution < 1.29 is 14.7 Å². The van der Waals surface area contributed by atoms with Crippen molar-refractivity contribution in [3.8, 4) is 0 Å². The fourth-order valence-electron chi connectivity index (χ4n) is 2.02. The highest BCUT2D eigenvalue weighted by molar-refractivity contribution is 6.34. The number of rotatable bonds is 6. The Morgan fingerprint density at radius 2 is 1.96 bits per heavy atom. The van der Waals surface area contributed by atoms with E-state index in [9.17, 15) is 14.7 Å². The fourth-order valence-corrected chi connectivity index (χ4v) is 2.22. The quantitative estimate of drug-likeness (QED) is 0.835. The van der Waals surface area contributed by atoms with Crippen LogP contribution in [-0.2, 0) is 4.79 Å². The van der Waals surface area contributed by atoms with E-state index in [1.54, 1.807) is 45.9 Å². The largest absolute Gasteiger partial charge is 0.389 e. The first-order valence-corrected chi connectivity index (χ1v) is 8.05. The molecule has 6 heteroatoms. The molecule has 5 nitrogen and oxygen atoms in total. The number of likely N-dealkylation sites (N-methyl/N-ethyl adjacent to an activating group) is 1. The van der Waals surface area contributed by atoms with Gasteiger partial charge in [-0.2, -0.15) is 0 Å². The zero-order chi connectivity index (χ0) is 17.8. The number of hydrogen-bond acceptors (Lipinski definition) is 3. The summed E-state index contributed by atoms with van der Waals surface area (Å²) in [5.74, 6) is -0.568. The van der Waals surface area contributed by atoms with Crippen molar-refractivity contribution in [2.75, 3.05) is 18.4 Å². The first-order chi connectivity index (χ1) is 10.5. The lowest BCUT2D eigenvalue weighted by molar-refractivity contribution is -0.118. The van der Waals surface area contributed by atoms with E-state index in [0.717, 1.165) is 0 Å². The van der Waals surface area contributed by atoms with E-state index in [1.165, 1.54) is 4.90 Å². The molecule has 1 rings (SSSR count). The Bertz CT molecular complexity index is 580. The van der Waals surface area contributed by atoms with E-state index in [-0.39, 0.29) is 24.3 Å². The minimum Gasteiger partial charge on any atom is -0.389 e. The molecule has 2 N–H and O–H groups in total. The predicted octanol–water partition coefficient (Wildman–Crippen LogP) is 3.17. The minimum atomic E-state index is -0.998. The number of carbonyl (C=O) groups is 2. The number of aliphatic hydroxyl groups is 1. The summed E-state index contributed by atoms with van der Waals surface area (Å²) >= 11 is 6.14. The van der Waals surface area contributed by atoms with Gasteiger partial charge < -0.3 is 15.3 Å². The maximum atomic E-state index is 12.7. The second kappa shape index (κ2) is 7.79. The first-order valence-electron chi connectivity index (χ1n) is 7.67. The topological polar surface area (TPSA) is 69.6 Å². The van der Waals surface area contributed by atoms with Gasteiger partial charge in [0.25, 0.3) is 5.91 Å². The molecule has 0 aliphatic heterocycles. The lowest BCUT2D eigenvalue weighted by Gasteiger charge is -2.28. The van der Waals surface area contributed by atoms with Crippen LogP contribution in [0.1, 0.15) is 45.0 Å². The molecule has 0 aromatic heterocycles. The molecule has 0 aliphatic carbocycles. The monoisotopic (exact) mass is 340 g/mol. The van der Waals surface area contributed by atoms with Crippen molar-refractivity contribution in [3.05, 3.63) is 28.8 Å². The van der Waals surface area contributed by atoms with E-state index in [1.807, 2.05) is 6.92 Å². The van der Waals surface area contributed by atoms with Gasteiger partial charge in [-0.1, -0.05) is 25.4 Å². The van der Waals surface area contributed by atoms with Gasteiger partial charge in [0.15, 0.2) is 0 Å². The molecule has 0 bridgehead atoms. The van der Waals surface area contributed by atoms with Gasteiger partial charge in [0.1, 0.15) is 0 Å². The number of nitrogens with one attached hydrogen (secondary N) is 1. The molecule has 0 atom stereocenters. The van der Waals surface area contributed by atoms with Crippen LogP contribution in [0, 0.1) is 5.92 Å². The zero-order valence-corrected chi connectivity index (χ0v) is 15.1. The first kappa shape index (κ1) is 19.5. The van der Waals surface area contributed by atoms with Crippen LogP contribution < -0.4 is 5.32 Å². The number of hydrogen-bond donors (Lipinski definition) is 2. The second-order valence-corrected chi connectivity index (χ2v) is 6.88. The van der Waals surface area contributed by atoms with Gasteiger partial charge in [-0.05, 0) is 39.0 Å². The number of nitrogens with zero attached hydrogens (tertiary/aromatic N) is 1. The highest BCUT2D eigenvalue weighted by Gasteiger charge is 2.24. The van der Waals surface area contributed by atoms with E-state index < -0.39 is 5.60 Å². The molecule has 0 heterocycles.